The summed E-state index contributed by atoms with van der Waals surface area (Å²) in [6, 6.07) is 16.2. The van der Waals surface area contributed by atoms with E-state index in [0.29, 0.717) is 24.7 Å². The van der Waals surface area contributed by atoms with Crippen LogP contribution in [0, 0.1) is 5.82 Å². The highest BCUT2D eigenvalue weighted by molar-refractivity contribution is 14.0. The van der Waals surface area contributed by atoms with Gasteiger partial charge in [-0.15, -0.1) is 24.0 Å². The lowest BCUT2D eigenvalue weighted by atomic mass is 10.2. The lowest BCUT2D eigenvalue weighted by Crippen LogP contribution is -2.37. The van der Waals surface area contributed by atoms with E-state index >= 15 is 0 Å². The van der Waals surface area contributed by atoms with Gasteiger partial charge in [0, 0.05) is 32.6 Å². The van der Waals surface area contributed by atoms with Gasteiger partial charge in [-0.2, -0.15) is 4.98 Å². The van der Waals surface area contributed by atoms with Crippen LogP contribution in [0.4, 0.5) is 4.39 Å². The lowest BCUT2D eigenvalue weighted by Gasteiger charge is -2.17. The zero-order valence-corrected chi connectivity index (χ0v) is 18.8. The number of hydrogen-bond acceptors (Lipinski definition) is 4. The summed E-state index contributed by atoms with van der Waals surface area (Å²) < 4.78 is 18.3. The molecule has 0 aliphatic rings. The second-order valence-corrected chi connectivity index (χ2v) is 6.57. The van der Waals surface area contributed by atoms with E-state index in [1.54, 1.807) is 12.1 Å². The molecule has 0 radical (unpaired) electrons. The summed E-state index contributed by atoms with van der Waals surface area (Å²) in [5.41, 5.74) is 1.90. The van der Waals surface area contributed by atoms with Crippen molar-refractivity contribution < 1.29 is 8.91 Å². The number of hydrogen-bond donors (Lipinski definition) is 1. The standard InChI is InChI=1S/C21H24FN5O.HI/c1-27(2)21(24-15-16-7-4-3-5-8-16)23-14-6-9-19-25-20(26-28-19)17-10-12-18(22)13-11-17;/h3-5,7-8,10-13H,6,9,14-15H2,1-2H3,(H,23,24);1H. The van der Waals surface area contributed by atoms with Crippen molar-refractivity contribution in [2.75, 3.05) is 20.6 Å². The number of guanidine groups is 1. The molecule has 0 bridgehead atoms. The van der Waals surface area contributed by atoms with Gasteiger partial charge in [0.2, 0.25) is 11.7 Å². The van der Waals surface area contributed by atoms with Crippen LogP contribution in [0.25, 0.3) is 11.4 Å². The average molecular weight is 509 g/mol. The molecule has 3 rings (SSSR count). The van der Waals surface area contributed by atoms with Gasteiger partial charge in [0.15, 0.2) is 5.96 Å². The van der Waals surface area contributed by atoms with Gasteiger partial charge >= 0.3 is 0 Å². The largest absolute Gasteiger partial charge is 0.356 e. The summed E-state index contributed by atoms with van der Waals surface area (Å²) in [5.74, 6) is 1.58. The Bertz CT molecular complexity index is 897. The summed E-state index contributed by atoms with van der Waals surface area (Å²) in [7, 11) is 3.92. The van der Waals surface area contributed by atoms with Gasteiger partial charge in [0.1, 0.15) is 5.82 Å². The van der Waals surface area contributed by atoms with Crippen LogP contribution in [0.15, 0.2) is 64.1 Å². The molecular formula is C21H25FIN5O. The molecule has 0 fully saturated rings. The van der Waals surface area contributed by atoms with Crippen molar-refractivity contribution in [3.63, 3.8) is 0 Å². The first kappa shape index (κ1) is 22.8. The third kappa shape index (κ3) is 7.12. The Balaban J connectivity index is 0.00000300. The first-order chi connectivity index (χ1) is 13.6. The van der Waals surface area contributed by atoms with Gasteiger partial charge < -0.3 is 14.7 Å². The van der Waals surface area contributed by atoms with E-state index in [9.17, 15) is 4.39 Å². The molecule has 1 N–H and O–H groups in total. The third-order valence-corrected chi connectivity index (χ3v) is 4.10. The SMILES string of the molecule is CN(C)C(=NCc1ccccc1)NCCCc1nc(-c2ccc(F)cc2)no1.I. The molecule has 1 heterocycles. The number of halogens is 2. The number of aromatic nitrogens is 2. The molecule has 2 aromatic carbocycles. The highest BCUT2D eigenvalue weighted by atomic mass is 127. The molecule has 1 aromatic heterocycles. The van der Waals surface area contributed by atoms with Crippen LogP contribution in [0.3, 0.4) is 0 Å². The van der Waals surface area contributed by atoms with Crippen LogP contribution in [-0.4, -0.2) is 41.6 Å². The minimum atomic E-state index is -0.288. The first-order valence-corrected chi connectivity index (χ1v) is 9.20. The van der Waals surface area contributed by atoms with Gasteiger partial charge in [-0.05, 0) is 36.2 Å². The van der Waals surface area contributed by atoms with Crippen molar-refractivity contribution in [1.29, 1.82) is 0 Å². The van der Waals surface area contributed by atoms with Gasteiger partial charge in [0.25, 0.3) is 0 Å². The van der Waals surface area contributed by atoms with Gasteiger partial charge in [-0.3, -0.25) is 0 Å². The van der Waals surface area contributed by atoms with Crippen LogP contribution in [0.1, 0.15) is 17.9 Å². The summed E-state index contributed by atoms with van der Waals surface area (Å²) in [6.07, 6.45) is 1.48. The number of rotatable bonds is 7. The summed E-state index contributed by atoms with van der Waals surface area (Å²) in [6.45, 7) is 1.37. The lowest BCUT2D eigenvalue weighted by molar-refractivity contribution is 0.375. The number of nitrogens with one attached hydrogen (secondary N) is 1. The van der Waals surface area contributed by atoms with E-state index < -0.39 is 0 Å². The number of aryl methyl sites for hydroxylation is 1. The number of benzene rings is 2. The molecule has 0 unspecified atom stereocenters. The Hall–Kier alpha value is -2.49. The monoisotopic (exact) mass is 509 g/mol. The normalized spacial score (nSPS) is 11.1. The first-order valence-electron chi connectivity index (χ1n) is 9.20. The maximum absolute atomic E-state index is 13.0. The van der Waals surface area contributed by atoms with Crippen molar-refractivity contribution in [3.8, 4) is 11.4 Å². The van der Waals surface area contributed by atoms with Crippen molar-refractivity contribution in [1.82, 2.24) is 20.4 Å². The van der Waals surface area contributed by atoms with Crippen LogP contribution in [0.2, 0.25) is 0 Å². The van der Waals surface area contributed by atoms with Crippen molar-refractivity contribution >= 4 is 29.9 Å². The van der Waals surface area contributed by atoms with Crippen LogP contribution >= 0.6 is 24.0 Å². The molecule has 29 heavy (non-hydrogen) atoms. The highest BCUT2D eigenvalue weighted by Crippen LogP contribution is 2.16. The second-order valence-electron chi connectivity index (χ2n) is 6.57. The summed E-state index contributed by atoms with van der Waals surface area (Å²) >= 11 is 0. The predicted molar refractivity (Wildman–Crippen MR) is 123 cm³/mol. The summed E-state index contributed by atoms with van der Waals surface area (Å²) in [4.78, 5) is 11.0. The molecule has 0 aliphatic heterocycles. The maximum Gasteiger partial charge on any atom is 0.227 e. The molecule has 154 valence electrons. The Labute approximate surface area is 187 Å². The Morgan fingerprint density at radius 2 is 1.83 bits per heavy atom. The van der Waals surface area contributed by atoms with Crippen LogP contribution in [0.5, 0.6) is 0 Å². The Morgan fingerprint density at radius 1 is 1.10 bits per heavy atom. The predicted octanol–water partition coefficient (Wildman–Crippen LogP) is 4.13. The highest BCUT2D eigenvalue weighted by Gasteiger charge is 2.09. The number of aliphatic imine (C=N–C) groups is 1. The topological polar surface area (TPSA) is 66.5 Å². The fourth-order valence-electron chi connectivity index (χ4n) is 2.62. The zero-order chi connectivity index (χ0) is 19.8. The second kappa shape index (κ2) is 11.5. The van der Waals surface area contributed by atoms with E-state index in [4.69, 9.17) is 4.52 Å². The molecule has 0 aliphatic carbocycles. The Morgan fingerprint density at radius 3 is 2.52 bits per heavy atom. The van der Waals surface area contributed by atoms with E-state index in [0.717, 1.165) is 24.5 Å². The van der Waals surface area contributed by atoms with E-state index in [2.05, 4.69) is 32.6 Å². The fraction of sp³-hybridized carbons (Fsp3) is 0.286. The van der Waals surface area contributed by atoms with Gasteiger partial charge in [0.05, 0.1) is 6.54 Å². The zero-order valence-electron chi connectivity index (χ0n) is 16.5. The molecule has 0 saturated heterocycles. The molecule has 0 atom stereocenters. The summed E-state index contributed by atoms with van der Waals surface area (Å²) in [5, 5.41) is 7.31. The molecule has 6 nitrogen and oxygen atoms in total. The Kier molecular flexibility index (Phi) is 9.04. The van der Waals surface area contributed by atoms with Crippen molar-refractivity contribution in [2.45, 2.75) is 19.4 Å². The minimum Gasteiger partial charge on any atom is -0.356 e. The quantitative estimate of drug-likeness (QED) is 0.225. The smallest absolute Gasteiger partial charge is 0.227 e. The average Bonchev–Trinajstić information content (AvgIpc) is 3.17. The van der Waals surface area contributed by atoms with E-state index in [-0.39, 0.29) is 29.8 Å². The van der Waals surface area contributed by atoms with Gasteiger partial charge in [-0.1, -0.05) is 35.5 Å². The molecule has 0 spiro atoms. The van der Waals surface area contributed by atoms with E-state index in [1.165, 1.54) is 17.7 Å². The van der Waals surface area contributed by atoms with Crippen molar-refractivity contribution in [2.24, 2.45) is 4.99 Å². The van der Waals surface area contributed by atoms with Crippen molar-refractivity contribution in [3.05, 3.63) is 71.9 Å². The van der Waals surface area contributed by atoms with Gasteiger partial charge in [-0.25, -0.2) is 9.38 Å². The third-order valence-electron chi connectivity index (χ3n) is 4.10. The molecule has 0 saturated carbocycles. The van der Waals surface area contributed by atoms with Crippen LogP contribution < -0.4 is 5.32 Å². The minimum absolute atomic E-state index is 0. The number of nitrogens with zero attached hydrogens (tertiary/aromatic N) is 4. The molecule has 3 aromatic rings. The van der Waals surface area contributed by atoms with E-state index in [1.807, 2.05) is 37.2 Å². The molecule has 0 amide bonds. The van der Waals surface area contributed by atoms with Crippen LogP contribution in [-0.2, 0) is 13.0 Å². The molecular weight excluding hydrogens is 484 g/mol. The molecule has 8 heteroatoms. The maximum atomic E-state index is 13.0. The fourth-order valence-corrected chi connectivity index (χ4v) is 2.62.